The molecule has 3 fully saturated rings. The van der Waals surface area contributed by atoms with Crippen molar-refractivity contribution in [2.24, 2.45) is 17.6 Å². The number of rotatable bonds is 2. The van der Waals surface area contributed by atoms with E-state index in [0.29, 0.717) is 6.04 Å². The van der Waals surface area contributed by atoms with Gasteiger partial charge >= 0.3 is 0 Å². The van der Waals surface area contributed by atoms with Crippen molar-refractivity contribution in [2.45, 2.75) is 50.6 Å². The molecule has 0 bridgehead atoms. The second-order valence-corrected chi connectivity index (χ2v) is 5.64. The van der Waals surface area contributed by atoms with Crippen LogP contribution >= 0.6 is 0 Å². The predicted molar refractivity (Wildman–Crippen MR) is 58.0 cm³/mol. The van der Waals surface area contributed by atoms with E-state index in [4.69, 9.17) is 5.73 Å². The van der Waals surface area contributed by atoms with E-state index in [-0.39, 0.29) is 0 Å². The van der Waals surface area contributed by atoms with Gasteiger partial charge in [0.1, 0.15) is 0 Å². The number of nitrogens with zero attached hydrogens (tertiary/aromatic N) is 1. The van der Waals surface area contributed by atoms with Crippen LogP contribution in [0.25, 0.3) is 0 Å². The zero-order chi connectivity index (χ0) is 9.54. The summed E-state index contributed by atoms with van der Waals surface area (Å²) in [7, 11) is 0. The zero-order valence-corrected chi connectivity index (χ0v) is 8.99. The van der Waals surface area contributed by atoms with E-state index in [9.17, 15) is 0 Å². The molecule has 3 aliphatic rings. The zero-order valence-electron chi connectivity index (χ0n) is 8.99. The Morgan fingerprint density at radius 3 is 2.79 bits per heavy atom. The lowest BCUT2D eigenvalue weighted by Crippen LogP contribution is -2.44. The van der Waals surface area contributed by atoms with Gasteiger partial charge in [0.25, 0.3) is 0 Å². The lowest BCUT2D eigenvalue weighted by atomic mass is 9.80. The van der Waals surface area contributed by atoms with Crippen LogP contribution in [0.1, 0.15) is 38.5 Å². The van der Waals surface area contributed by atoms with Gasteiger partial charge in [-0.1, -0.05) is 6.42 Å². The van der Waals surface area contributed by atoms with E-state index in [1.807, 2.05) is 0 Å². The minimum atomic E-state index is 0.530. The summed E-state index contributed by atoms with van der Waals surface area (Å²) in [5.41, 5.74) is 5.83. The summed E-state index contributed by atoms with van der Waals surface area (Å²) in [4.78, 5) is 2.77. The molecule has 3 rings (SSSR count). The molecule has 2 unspecified atom stereocenters. The van der Waals surface area contributed by atoms with Gasteiger partial charge in [0.2, 0.25) is 0 Å². The third-order valence-electron chi connectivity index (χ3n) is 4.64. The van der Waals surface area contributed by atoms with Crippen LogP contribution in [-0.2, 0) is 0 Å². The molecule has 2 N–H and O–H groups in total. The van der Waals surface area contributed by atoms with Crippen molar-refractivity contribution in [3.63, 3.8) is 0 Å². The summed E-state index contributed by atoms with van der Waals surface area (Å²) < 4.78 is 0. The van der Waals surface area contributed by atoms with Gasteiger partial charge in [0.05, 0.1) is 0 Å². The first kappa shape index (κ1) is 9.17. The summed E-state index contributed by atoms with van der Waals surface area (Å²) in [6, 6.07) is 1.49. The van der Waals surface area contributed by atoms with Crippen LogP contribution in [0.5, 0.6) is 0 Å². The largest absolute Gasteiger partial charge is 0.328 e. The molecular formula is C12H22N2. The molecule has 0 spiro atoms. The highest BCUT2D eigenvalue weighted by atomic mass is 15.2. The molecule has 80 valence electrons. The Labute approximate surface area is 86.8 Å². The maximum absolute atomic E-state index is 5.83. The quantitative estimate of drug-likeness (QED) is 0.723. The first-order valence-corrected chi connectivity index (χ1v) is 6.32. The Hall–Kier alpha value is -0.0800. The second-order valence-electron chi connectivity index (χ2n) is 5.64. The Morgan fingerprint density at radius 2 is 2.00 bits per heavy atom. The maximum Gasteiger partial charge on any atom is 0.0124 e. The molecule has 2 nitrogen and oxygen atoms in total. The highest BCUT2D eigenvalue weighted by Crippen LogP contribution is 2.39. The Bertz CT molecular complexity index is 210. The normalized spacial score (nSPS) is 47.8. The van der Waals surface area contributed by atoms with Gasteiger partial charge in [-0.15, -0.1) is 0 Å². The Kier molecular flexibility index (Phi) is 2.29. The molecule has 0 aromatic carbocycles. The van der Waals surface area contributed by atoms with Gasteiger partial charge in [-0.3, -0.25) is 4.90 Å². The van der Waals surface area contributed by atoms with Crippen LogP contribution in [0.15, 0.2) is 0 Å². The van der Waals surface area contributed by atoms with Crippen LogP contribution in [0, 0.1) is 11.8 Å². The SMILES string of the molecule is NC1CC(CN2CCC3CCCC32)C1. The molecule has 1 aliphatic heterocycles. The average molecular weight is 194 g/mol. The van der Waals surface area contributed by atoms with Gasteiger partial charge in [0.15, 0.2) is 0 Å². The number of hydrogen-bond acceptors (Lipinski definition) is 2. The van der Waals surface area contributed by atoms with Crippen molar-refractivity contribution >= 4 is 0 Å². The van der Waals surface area contributed by atoms with Gasteiger partial charge in [-0.2, -0.15) is 0 Å². The van der Waals surface area contributed by atoms with E-state index in [0.717, 1.165) is 17.9 Å². The van der Waals surface area contributed by atoms with E-state index < -0.39 is 0 Å². The predicted octanol–water partition coefficient (Wildman–Crippen LogP) is 1.60. The van der Waals surface area contributed by atoms with E-state index in [1.165, 1.54) is 51.6 Å². The molecule has 2 aliphatic carbocycles. The van der Waals surface area contributed by atoms with Crippen LogP contribution in [0.2, 0.25) is 0 Å². The molecule has 0 radical (unpaired) electrons. The fraction of sp³-hybridized carbons (Fsp3) is 1.00. The van der Waals surface area contributed by atoms with Crippen LogP contribution in [0.4, 0.5) is 0 Å². The summed E-state index contributed by atoms with van der Waals surface area (Å²) >= 11 is 0. The van der Waals surface area contributed by atoms with Crippen molar-refractivity contribution in [1.29, 1.82) is 0 Å². The molecular weight excluding hydrogens is 172 g/mol. The Balaban J connectivity index is 1.53. The topological polar surface area (TPSA) is 29.3 Å². The van der Waals surface area contributed by atoms with E-state index in [2.05, 4.69) is 4.90 Å². The minimum absolute atomic E-state index is 0.530. The lowest BCUT2D eigenvalue weighted by Gasteiger charge is -2.37. The molecule has 0 aromatic heterocycles. The second kappa shape index (κ2) is 3.49. The maximum atomic E-state index is 5.83. The van der Waals surface area contributed by atoms with Crippen molar-refractivity contribution in [3.05, 3.63) is 0 Å². The van der Waals surface area contributed by atoms with Crippen molar-refractivity contribution in [1.82, 2.24) is 4.90 Å². The number of fused-ring (bicyclic) bond motifs is 1. The first-order chi connectivity index (χ1) is 6.83. The molecule has 0 aromatic rings. The monoisotopic (exact) mass is 194 g/mol. The highest BCUT2D eigenvalue weighted by Gasteiger charge is 2.39. The fourth-order valence-corrected chi connectivity index (χ4v) is 3.83. The van der Waals surface area contributed by atoms with Crippen LogP contribution in [-0.4, -0.2) is 30.1 Å². The van der Waals surface area contributed by atoms with Crippen molar-refractivity contribution < 1.29 is 0 Å². The summed E-state index contributed by atoms with van der Waals surface area (Å²) in [5, 5.41) is 0. The number of nitrogens with two attached hydrogens (primary N) is 1. The van der Waals surface area contributed by atoms with E-state index >= 15 is 0 Å². The van der Waals surface area contributed by atoms with Gasteiger partial charge < -0.3 is 5.73 Å². The molecule has 2 atom stereocenters. The number of likely N-dealkylation sites (tertiary alicyclic amines) is 1. The fourth-order valence-electron chi connectivity index (χ4n) is 3.83. The summed E-state index contributed by atoms with van der Waals surface area (Å²) in [6.45, 7) is 2.73. The third kappa shape index (κ3) is 1.49. The first-order valence-electron chi connectivity index (χ1n) is 6.32. The molecule has 0 amide bonds. The molecule has 1 heterocycles. The highest BCUT2D eigenvalue weighted by molar-refractivity contribution is 4.94. The Morgan fingerprint density at radius 1 is 1.14 bits per heavy atom. The van der Waals surface area contributed by atoms with Crippen LogP contribution < -0.4 is 5.73 Å². The number of hydrogen-bond donors (Lipinski definition) is 1. The standard InChI is InChI=1S/C12H22N2/c13-11-6-9(7-11)8-14-5-4-10-2-1-3-12(10)14/h9-12H,1-8,13H2. The molecule has 2 heteroatoms. The lowest BCUT2D eigenvalue weighted by molar-refractivity contribution is 0.145. The van der Waals surface area contributed by atoms with Crippen molar-refractivity contribution in [3.8, 4) is 0 Å². The molecule has 1 saturated heterocycles. The third-order valence-corrected chi connectivity index (χ3v) is 4.64. The van der Waals surface area contributed by atoms with Crippen molar-refractivity contribution in [2.75, 3.05) is 13.1 Å². The van der Waals surface area contributed by atoms with E-state index in [1.54, 1.807) is 0 Å². The summed E-state index contributed by atoms with van der Waals surface area (Å²) in [5.74, 6) is 1.99. The summed E-state index contributed by atoms with van der Waals surface area (Å²) in [6.07, 6.45) is 8.51. The molecule has 2 saturated carbocycles. The molecule has 14 heavy (non-hydrogen) atoms. The van der Waals surface area contributed by atoms with Gasteiger partial charge in [-0.25, -0.2) is 0 Å². The smallest absolute Gasteiger partial charge is 0.0124 e. The van der Waals surface area contributed by atoms with Gasteiger partial charge in [0, 0.05) is 18.6 Å². The van der Waals surface area contributed by atoms with Crippen LogP contribution in [0.3, 0.4) is 0 Å². The average Bonchev–Trinajstić information content (AvgIpc) is 2.66. The minimum Gasteiger partial charge on any atom is -0.328 e. The van der Waals surface area contributed by atoms with Gasteiger partial charge in [-0.05, 0) is 50.5 Å².